The van der Waals surface area contributed by atoms with Gasteiger partial charge in [0.1, 0.15) is 0 Å². The van der Waals surface area contributed by atoms with Crippen LogP contribution in [0.25, 0.3) is 0 Å². The van der Waals surface area contributed by atoms with Crippen molar-refractivity contribution in [1.82, 2.24) is 10.2 Å². The Morgan fingerprint density at radius 3 is 2.32 bits per heavy atom. The van der Waals surface area contributed by atoms with Crippen LogP contribution in [-0.4, -0.2) is 48.3 Å². The Morgan fingerprint density at radius 1 is 1.04 bits per heavy atom. The Morgan fingerprint density at radius 2 is 1.71 bits per heavy atom. The van der Waals surface area contributed by atoms with E-state index in [1.165, 1.54) is 5.56 Å². The summed E-state index contributed by atoms with van der Waals surface area (Å²) >= 11 is 0. The van der Waals surface area contributed by atoms with Crippen molar-refractivity contribution in [3.05, 3.63) is 29.8 Å². The number of nitrogens with one attached hydrogen (secondary N) is 1. The van der Waals surface area contributed by atoms with Gasteiger partial charge in [-0.25, -0.2) is 0 Å². The van der Waals surface area contributed by atoms with Crippen LogP contribution in [0, 0.1) is 11.8 Å². The molecule has 0 bridgehead atoms. The summed E-state index contributed by atoms with van der Waals surface area (Å²) in [5.41, 5.74) is 2.10. The van der Waals surface area contributed by atoms with Crippen LogP contribution in [0.15, 0.2) is 24.3 Å². The van der Waals surface area contributed by atoms with Crippen LogP contribution < -0.4 is 10.2 Å². The van der Waals surface area contributed by atoms with Gasteiger partial charge in [-0.3, -0.25) is 14.4 Å². The van der Waals surface area contributed by atoms with E-state index in [-0.39, 0.29) is 36.0 Å². The number of amides is 3. The lowest BCUT2D eigenvalue weighted by atomic mass is 9.94. The first kappa shape index (κ1) is 19.0. The molecule has 1 N–H and O–H groups in total. The SMILES string of the molecule is CCc1ccc(N2CC(C(=O)N3CCC(C(=O)NC4CC4)CC3)CC2=O)cc1. The maximum atomic E-state index is 12.9. The molecule has 28 heavy (non-hydrogen) atoms. The molecule has 1 unspecified atom stereocenters. The number of aryl methyl sites for hydroxylation is 1. The second kappa shape index (κ2) is 7.94. The van der Waals surface area contributed by atoms with Gasteiger partial charge in [0.25, 0.3) is 0 Å². The topological polar surface area (TPSA) is 69.7 Å². The van der Waals surface area contributed by atoms with Crippen LogP contribution in [0.1, 0.15) is 44.6 Å². The molecule has 0 radical (unpaired) electrons. The molecule has 1 aromatic rings. The Hall–Kier alpha value is -2.37. The lowest BCUT2D eigenvalue weighted by Crippen LogP contribution is -2.45. The van der Waals surface area contributed by atoms with Crippen LogP contribution in [-0.2, 0) is 20.8 Å². The number of anilines is 1. The van der Waals surface area contributed by atoms with E-state index >= 15 is 0 Å². The summed E-state index contributed by atoms with van der Waals surface area (Å²) in [5, 5.41) is 3.07. The number of carbonyl (C=O) groups excluding carboxylic acids is 3. The number of hydrogen-bond acceptors (Lipinski definition) is 3. The molecule has 3 fully saturated rings. The molecule has 3 aliphatic rings. The number of nitrogens with zero attached hydrogens (tertiary/aromatic N) is 2. The van der Waals surface area contributed by atoms with Crippen molar-refractivity contribution in [2.75, 3.05) is 24.5 Å². The average Bonchev–Trinajstić information content (AvgIpc) is 3.46. The average molecular weight is 383 g/mol. The van der Waals surface area contributed by atoms with Crippen LogP contribution in [0.3, 0.4) is 0 Å². The zero-order valence-electron chi connectivity index (χ0n) is 16.5. The van der Waals surface area contributed by atoms with Gasteiger partial charge >= 0.3 is 0 Å². The third-order valence-corrected chi connectivity index (χ3v) is 6.23. The van der Waals surface area contributed by atoms with E-state index in [0.29, 0.717) is 38.5 Å². The highest BCUT2D eigenvalue weighted by Gasteiger charge is 2.39. The fraction of sp³-hybridized carbons (Fsp3) is 0.591. The molecule has 0 spiro atoms. The fourth-order valence-electron chi connectivity index (χ4n) is 4.20. The molecule has 2 saturated heterocycles. The lowest BCUT2D eigenvalue weighted by Gasteiger charge is -2.33. The summed E-state index contributed by atoms with van der Waals surface area (Å²) in [6.07, 6.45) is 4.85. The maximum Gasteiger partial charge on any atom is 0.228 e. The minimum absolute atomic E-state index is 0.0151. The lowest BCUT2D eigenvalue weighted by molar-refractivity contribution is -0.139. The predicted octanol–water partition coefficient (Wildman–Crippen LogP) is 2.12. The van der Waals surface area contributed by atoms with E-state index in [0.717, 1.165) is 24.9 Å². The highest BCUT2D eigenvalue weighted by atomic mass is 16.2. The summed E-state index contributed by atoms with van der Waals surface area (Å²) in [6.45, 7) is 3.77. The molecular weight excluding hydrogens is 354 g/mol. The first-order valence-corrected chi connectivity index (χ1v) is 10.5. The summed E-state index contributed by atoms with van der Waals surface area (Å²) in [4.78, 5) is 41.2. The summed E-state index contributed by atoms with van der Waals surface area (Å²) in [6, 6.07) is 8.39. The van der Waals surface area contributed by atoms with E-state index < -0.39 is 0 Å². The number of hydrogen-bond donors (Lipinski definition) is 1. The molecule has 0 aromatic heterocycles. The predicted molar refractivity (Wildman–Crippen MR) is 107 cm³/mol. The first-order valence-electron chi connectivity index (χ1n) is 10.5. The molecular formula is C22H29N3O3. The Bertz CT molecular complexity index is 749. The van der Waals surface area contributed by atoms with Crippen molar-refractivity contribution in [1.29, 1.82) is 0 Å². The van der Waals surface area contributed by atoms with Crippen molar-refractivity contribution in [3.63, 3.8) is 0 Å². The van der Waals surface area contributed by atoms with Gasteiger partial charge < -0.3 is 15.1 Å². The first-order chi connectivity index (χ1) is 13.5. The van der Waals surface area contributed by atoms with Crippen LogP contribution in [0.4, 0.5) is 5.69 Å². The molecule has 2 aliphatic heterocycles. The Balaban J connectivity index is 1.31. The van der Waals surface area contributed by atoms with Gasteiger partial charge in [0.15, 0.2) is 0 Å². The van der Waals surface area contributed by atoms with Gasteiger partial charge in [-0.1, -0.05) is 19.1 Å². The molecule has 1 aliphatic carbocycles. The molecule has 4 rings (SSSR count). The van der Waals surface area contributed by atoms with Crippen molar-refractivity contribution in [3.8, 4) is 0 Å². The summed E-state index contributed by atoms with van der Waals surface area (Å²) in [7, 11) is 0. The summed E-state index contributed by atoms with van der Waals surface area (Å²) < 4.78 is 0. The second-order valence-electron chi connectivity index (χ2n) is 8.31. The highest BCUT2D eigenvalue weighted by molar-refractivity contribution is 6.00. The van der Waals surface area contributed by atoms with Gasteiger partial charge in [-0.2, -0.15) is 0 Å². The van der Waals surface area contributed by atoms with Gasteiger partial charge in [-0.05, 0) is 49.8 Å². The smallest absolute Gasteiger partial charge is 0.228 e. The second-order valence-corrected chi connectivity index (χ2v) is 8.31. The molecule has 2 heterocycles. The van der Waals surface area contributed by atoms with Crippen LogP contribution >= 0.6 is 0 Å². The van der Waals surface area contributed by atoms with Crippen LogP contribution in [0.5, 0.6) is 0 Å². The third-order valence-electron chi connectivity index (χ3n) is 6.23. The number of benzene rings is 1. The Labute approximate surface area is 166 Å². The number of rotatable bonds is 5. The molecule has 150 valence electrons. The highest BCUT2D eigenvalue weighted by Crippen LogP contribution is 2.29. The van der Waals surface area contributed by atoms with E-state index in [4.69, 9.17) is 0 Å². The van der Waals surface area contributed by atoms with Crippen molar-refractivity contribution >= 4 is 23.4 Å². The zero-order chi connectivity index (χ0) is 19.7. The number of carbonyl (C=O) groups is 3. The fourth-order valence-corrected chi connectivity index (χ4v) is 4.20. The molecule has 1 atom stereocenters. The van der Waals surface area contributed by atoms with Gasteiger partial charge in [0, 0.05) is 43.7 Å². The van der Waals surface area contributed by atoms with Gasteiger partial charge in [0.05, 0.1) is 5.92 Å². The standard InChI is InChI=1S/C22H29N3O3/c1-2-15-3-7-19(8-4-15)25-14-17(13-20(25)26)22(28)24-11-9-16(10-12-24)21(27)23-18-5-6-18/h3-4,7-8,16-18H,2,5-6,9-14H2,1H3,(H,23,27). The molecule has 1 aromatic carbocycles. The zero-order valence-corrected chi connectivity index (χ0v) is 16.5. The molecule has 1 saturated carbocycles. The van der Waals surface area contributed by atoms with Gasteiger partial charge in [0.2, 0.25) is 17.7 Å². The maximum absolute atomic E-state index is 12.9. The van der Waals surface area contributed by atoms with Crippen molar-refractivity contribution in [2.24, 2.45) is 11.8 Å². The largest absolute Gasteiger partial charge is 0.353 e. The monoisotopic (exact) mass is 383 g/mol. The minimum atomic E-state index is -0.282. The molecule has 6 nitrogen and oxygen atoms in total. The van der Waals surface area contributed by atoms with E-state index in [1.54, 1.807) is 4.90 Å². The normalized spacial score (nSPS) is 23.2. The van der Waals surface area contributed by atoms with E-state index in [9.17, 15) is 14.4 Å². The summed E-state index contributed by atoms with van der Waals surface area (Å²) in [5.74, 6) is -0.0469. The van der Waals surface area contributed by atoms with E-state index in [2.05, 4.69) is 12.2 Å². The van der Waals surface area contributed by atoms with Crippen molar-refractivity contribution < 1.29 is 14.4 Å². The minimum Gasteiger partial charge on any atom is -0.353 e. The third kappa shape index (κ3) is 4.05. The number of piperidine rings is 1. The van der Waals surface area contributed by atoms with E-state index in [1.807, 2.05) is 29.2 Å². The molecule has 3 amide bonds. The number of likely N-dealkylation sites (tertiary alicyclic amines) is 1. The van der Waals surface area contributed by atoms with Crippen molar-refractivity contribution in [2.45, 2.75) is 51.5 Å². The quantitative estimate of drug-likeness (QED) is 0.847. The molecule has 6 heteroatoms. The van der Waals surface area contributed by atoms with Crippen LogP contribution in [0.2, 0.25) is 0 Å². The Kier molecular flexibility index (Phi) is 5.38. The van der Waals surface area contributed by atoms with Gasteiger partial charge in [-0.15, -0.1) is 0 Å².